The van der Waals surface area contributed by atoms with E-state index in [1.165, 1.54) is 5.75 Å². The molecule has 0 aromatic carbocycles. The second kappa shape index (κ2) is 3.47. The van der Waals surface area contributed by atoms with Crippen molar-refractivity contribution in [3.8, 4) is 0 Å². The van der Waals surface area contributed by atoms with Crippen molar-refractivity contribution in [3.63, 3.8) is 0 Å². The fourth-order valence-electron chi connectivity index (χ4n) is 1.29. The highest BCUT2D eigenvalue weighted by Crippen LogP contribution is 2.25. The molecular formula is C7H13N3S2. The lowest BCUT2D eigenvalue weighted by atomic mass is 10.5. The van der Waals surface area contributed by atoms with E-state index in [2.05, 4.69) is 22.5 Å². The van der Waals surface area contributed by atoms with Crippen molar-refractivity contribution < 1.29 is 0 Å². The Morgan fingerprint density at radius 2 is 2.50 bits per heavy atom. The van der Waals surface area contributed by atoms with Crippen molar-refractivity contribution in [2.24, 2.45) is 4.99 Å². The first-order valence-electron chi connectivity index (χ1n) is 4.13. The average Bonchev–Trinajstić information content (AvgIpc) is 2.62. The van der Waals surface area contributed by atoms with Crippen LogP contribution in [0.25, 0.3) is 0 Å². The Labute approximate surface area is 81.2 Å². The summed E-state index contributed by atoms with van der Waals surface area (Å²) in [4.78, 5) is 4.38. The van der Waals surface area contributed by atoms with E-state index in [0.717, 1.165) is 24.0 Å². The van der Waals surface area contributed by atoms with Gasteiger partial charge in [0.2, 0.25) is 0 Å². The second-order valence-electron chi connectivity index (χ2n) is 2.97. The van der Waals surface area contributed by atoms with E-state index >= 15 is 0 Å². The van der Waals surface area contributed by atoms with Crippen LogP contribution in [0.4, 0.5) is 0 Å². The standard InChI is InChI=1S/C7H13N3S2/c1-7(9-3-5-12-7)10-6-8-2-4-11-6/h9H,2-5H2,1H3,(H,8,10). The SMILES string of the molecule is CC1(NC2=NCCS2)NCCS1. The highest BCUT2D eigenvalue weighted by molar-refractivity contribution is 8.14. The third kappa shape index (κ3) is 1.89. The zero-order valence-corrected chi connectivity index (χ0v) is 8.73. The summed E-state index contributed by atoms with van der Waals surface area (Å²) in [5, 5.41) is 7.93. The van der Waals surface area contributed by atoms with Gasteiger partial charge >= 0.3 is 0 Å². The summed E-state index contributed by atoms with van der Waals surface area (Å²) in [6.07, 6.45) is 0. The Hall–Kier alpha value is 0.130. The molecule has 1 unspecified atom stereocenters. The largest absolute Gasteiger partial charge is 0.338 e. The monoisotopic (exact) mass is 203 g/mol. The van der Waals surface area contributed by atoms with Crippen LogP contribution in [0.1, 0.15) is 6.92 Å². The fraction of sp³-hybridized carbons (Fsp3) is 0.857. The van der Waals surface area contributed by atoms with Crippen LogP contribution in [0.2, 0.25) is 0 Å². The van der Waals surface area contributed by atoms with Crippen molar-refractivity contribution >= 4 is 28.7 Å². The summed E-state index contributed by atoms with van der Waals surface area (Å²) in [7, 11) is 0. The lowest BCUT2D eigenvalue weighted by Crippen LogP contribution is -2.49. The first kappa shape index (κ1) is 8.72. The number of hydrogen-bond acceptors (Lipinski definition) is 5. The maximum absolute atomic E-state index is 4.36. The van der Waals surface area contributed by atoms with Crippen LogP contribution < -0.4 is 10.6 Å². The molecule has 0 aromatic heterocycles. The maximum Gasteiger partial charge on any atom is 0.158 e. The molecule has 2 aliphatic heterocycles. The van der Waals surface area contributed by atoms with Crippen LogP contribution in [-0.4, -0.2) is 34.8 Å². The van der Waals surface area contributed by atoms with E-state index in [9.17, 15) is 0 Å². The number of nitrogens with one attached hydrogen (secondary N) is 2. The molecule has 5 heteroatoms. The molecule has 0 radical (unpaired) electrons. The molecule has 0 aromatic rings. The van der Waals surface area contributed by atoms with Crippen LogP contribution in [-0.2, 0) is 0 Å². The quantitative estimate of drug-likeness (QED) is 0.657. The molecule has 1 fully saturated rings. The predicted octanol–water partition coefficient (Wildman–Crippen LogP) is 0.689. The molecule has 0 amide bonds. The zero-order chi connectivity index (χ0) is 8.44. The topological polar surface area (TPSA) is 36.4 Å². The summed E-state index contributed by atoms with van der Waals surface area (Å²) >= 11 is 3.73. The van der Waals surface area contributed by atoms with Gasteiger partial charge in [0.15, 0.2) is 5.17 Å². The number of rotatable bonds is 1. The molecule has 2 rings (SSSR count). The van der Waals surface area contributed by atoms with Gasteiger partial charge in [0, 0.05) is 18.1 Å². The smallest absolute Gasteiger partial charge is 0.158 e. The number of thioether (sulfide) groups is 2. The van der Waals surface area contributed by atoms with Gasteiger partial charge in [-0.2, -0.15) is 0 Å². The maximum atomic E-state index is 4.36. The van der Waals surface area contributed by atoms with Crippen molar-refractivity contribution in [1.29, 1.82) is 0 Å². The highest BCUT2D eigenvalue weighted by Gasteiger charge is 2.30. The van der Waals surface area contributed by atoms with Crippen molar-refractivity contribution in [2.45, 2.75) is 11.9 Å². The third-order valence-electron chi connectivity index (χ3n) is 1.89. The van der Waals surface area contributed by atoms with Gasteiger partial charge in [0.05, 0.1) is 6.54 Å². The van der Waals surface area contributed by atoms with Gasteiger partial charge in [-0.1, -0.05) is 11.8 Å². The number of nitrogens with zero attached hydrogens (tertiary/aromatic N) is 1. The Morgan fingerprint density at radius 3 is 3.08 bits per heavy atom. The zero-order valence-electron chi connectivity index (χ0n) is 7.09. The van der Waals surface area contributed by atoms with E-state index in [0.29, 0.717) is 0 Å². The van der Waals surface area contributed by atoms with Gasteiger partial charge in [-0.25, -0.2) is 0 Å². The normalized spacial score (nSPS) is 35.2. The van der Waals surface area contributed by atoms with Crippen molar-refractivity contribution in [2.75, 3.05) is 24.6 Å². The molecule has 0 bridgehead atoms. The molecule has 12 heavy (non-hydrogen) atoms. The molecule has 0 saturated carbocycles. The molecule has 2 N–H and O–H groups in total. The van der Waals surface area contributed by atoms with Gasteiger partial charge < -0.3 is 5.32 Å². The van der Waals surface area contributed by atoms with Crippen LogP contribution in [0.5, 0.6) is 0 Å². The van der Waals surface area contributed by atoms with Crippen molar-refractivity contribution in [3.05, 3.63) is 0 Å². The minimum absolute atomic E-state index is 0.0240. The van der Waals surface area contributed by atoms with Crippen LogP contribution in [0.3, 0.4) is 0 Å². The lowest BCUT2D eigenvalue weighted by Gasteiger charge is -2.25. The van der Waals surface area contributed by atoms with E-state index in [4.69, 9.17) is 0 Å². The molecule has 1 saturated heterocycles. The van der Waals surface area contributed by atoms with Gasteiger partial charge in [-0.15, -0.1) is 11.8 Å². The summed E-state index contributed by atoms with van der Waals surface area (Å²) in [6.45, 7) is 4.23. The molecule has 2 heterocycles. The van der Waals surface area contributed by atoms with E-state index < -0.39 is 0 Å². The van der Waals surface area contributed by atoms with Gasteiger partial charge in [-0.3, -0.25) is 10.3 Å². The van der Waals surface area contributed by atoms with E-state index in [1.54, 1.807) is 0 Å². The molecule has 1 atom stereocenters. The summed E-state index contributed by atoms with van der Waals surface area (Å²) in [6, 6.07) is 0. The van der Waals surface area contributed by atoms with Crippen LogP contribution in [0, 0.1) is 0 Å². The number of aliphatic imine (C=N–C) groups is 1. The Bertz CT molecular complexity index is 199. The molecule has 68 valence electrons. The lowest BCUT2D eigenvalue weighted by molar-refractivity contribution is 0.517. The van der Waals surface area contributed by atoms with E-state index in [-0.39, 0.29) is 4.99 Å². The van der Waals surface area contributed by atoms with Gasteiger partial charge in [0.1, 0.15) is 4.99 Å². The summed E-state index contributed by atoms with van der Waals surface area (Å²) < 4.78 is 0. The number of hydrogen-bond donors (Lipinski definition) is 2. The summed E-state index contributed by atoms with van der Waals surface area (Å²) in [5.41, 5.74) is 0. The molecule has 3 nitrogen and oxygen atoms in total. The molecule has 2 aliphatic rings. The summed E-state index contributed by atoms with van der Waals surface area (Å²) in [5.74, 6) is 2.31. The van der Waals surface area contributed by atoms with Crippen LogP contribution in [0.15, 0.2) is 4.99 Å². The van der Waals surface area contributed by atoms with Crippen LogP contribution >= 0.6 is 23.5 Å². The number of amidine groups is 1. The fourth-order valence-corrected chi connectivity index (χ4v) is 3.18. The Balaban J connectivity index is 1.92. The average molecular weight is 203 g/mol. The van der Waals surface area contributed by atoms with Gasteiger partial charge in [0.25, 0.3) is 0 Å². The third-order valence-corrected chi connectivity index (χ3v) is 4.01. The Morgan fingerprint density at radius 1 is 1.58 bits per heavy atom. The minimum Gasteiger partial charge on any atom is -0.338 e. The highest BCUT2D eigenvalue weighted by atomic mass is 32.2. The second-order valence-corrected chi connectivity index (χ2v) is 5.57. The van der Waals surface area contributed by atoms with E-state index in [1.807, 2.05) is 23.5 Å². The molecule has 0 aliphatic carbocycles. The van der Waals surface area contributed by atoms with Gasteiger partial charge in [-0.05, 0) is 6.92 Å². The minimum atomic E-state index is 0.0240. The Kier molecular flexibility index (Phi) is 2.52. The van der Waals surface area contributed by atoms with Crippen molar-refractivity contribution in [1.82, 2.24) is 10.6 Å². The molecular weight excluding hydrogens is 190 g/mol. The first-order valence-corrected chi connectivity index (χ1v) is 6.10. The first-order chi connectivity index (χ1) is 5.79. The molecule has 0 spiro atoms. The predicted molar refractivity (Wildman–Crippen MR) is 56.8 cm³/mol.